The number of carbonyl (C=O) groups is 1. The van der Waals surface area contributed by atoms with Crippen LogP contribution < -0.4 is 5.32 Å². The van der Waals surface area contributed by atoms with E-state index in [0.29, 0.717) is 5.91 Å². The first-order valence-electron chi connectivity index (χ1n) is 8.08. The second-order valence-corrected chi connectivity index (χ2v) is 7.42. The van der Waals surface area contributed by atoms with Gasteiger partial charge in [0.25, 0.3) is 0 Å². The molecule has 2 fully saturated rings. The largest absolute Gasteiger partial charge is 0.335 e. The Hall–Kier alpha value is -1.35. The van der Waals surface area contributed by atoms with Crippen molar-refractivity contribution in [2.45, 2.75) is 45.1 Å². The summed E-state index contributed by atoms with van der Waals surface area (Å²) in [6.45, 7) is 9.32. The van der Waals surface area contributed by atoms with Gasteiger partial charge >= 0.3 is 0 Å². The number of likely N-dealkylation sites (tertiary alicyclic amines) is 1. The highest BCUT2D eigenvalue weighted by atomic mass is 16.2. The average Bonchev–Trinajstić information content (AvgIpc) is 2.84. The van der Waals surface area contributed by atoms with E-state index >= 15 is 0 Å². The Morgan fingerprint density at radius 1 is 1.19 bits per heavy atom. The Morgan fingerprint density at radius 2 is 1.86 bits per heavy atom. The van der Waals surface area contributed by atoms with Crippen molar-refractivity contribution < 1.29 is 4.79 Å². The molecule has 1 aromatic rings. The van der Waals surface area contributed by atoms with E-state index in [-0.39, 0.29) is 17.4 Å². The van der Waals surface area contributed by atoms with Gasteiger partial charge < -0.3 is 10.2 Å². The first kappa shape index (κ1) is 14.6. The molecule has 0 spiro atoms. The van der Waals surface area contributed by atoms with Crippen LogP contribution in [0.25, 0.3) is 0 Å². The third kappa shape index (κ3) is 2.84. The molecule has 0 radical (unpaired) electrons. The van der Waals surface area contributed by atoms with Crippen molar-refractivity contribution >= 4 is 5.91 Å². The summed E-state index contributed by atoms with van der Waals surface area (Å²) in [5, 5.41) is 3.20. The monoisotopic (exact) mass is 286 g/mol. The van der Waals surface area contributed by atoms with Crippen molar-refractivity contribution in [2.24, 2.45) is 5.92 Å². The van der Waals surface area contributed by atoms with Gasteiger partial charge in [0.1, 0.15) is 0 Å². The number of nitrogens with one attached hydrogen (secondary N) is 1. The second-order valence-electron chi connectivity index (χ2n) is 7.42. The SMILES string of the molecule is CC(C)(C)c1ccc(C2CCCN2C(=O)C2CNC2)cc1. The lowest BCUT2D eigenvalue weighted by Gasteiger charge is -2.33. The standard InChI is InChI=1S/C18H26N2O/c1-18(2,3)15-8-6-13(7-9-15)16-5-4-10-20(16)17(21)14-11-19-12-14/h6-9,14,16,19H,4-5,10-12H2,1-3H3. The van der Waals surface area contributed by atoms with Crippen LogP contribution in [0.5, 0.6) is 0 Å². The highest BCUT2D eigenvalue weighted by Gasteiger charge is 2.36. The molecule has 1 unspecified atom stereocenters. The molecule has 0 aromatic heterocycles. The lowest BCUT2D eigenvalue weighted by molar-refractivity contribution is -0.138. The molecule has 21 heavy (non-hydrogen) atoms. The molecule has 2 aliphatic heterocycles. The number of amides is 1. The fraction of sp³-hybridized carbons (Fsp3) is 0.611. The summed E-state index contributed by atoms with van der Waals surface area (Å²) in [4.78, 5) is 14.6. The maximum absolute atomic E-state index is 12.5. The highest BCUT2D eigenvalue weighted by molar-refractivity contribution is 5.81. The van der Waals surface area contributed by atoms with Gasteiger partial charge in [-0.1, -0.05) is 45.0 Å². The van der Waals surface area contributed by atoms with E-state index in [1.165, 1.54) is 11.1 Å². The number of hydrogen-bond acceptors (Lipinski definition) is 2. The van der Waals surface area contributed by atoms with Crippen LogP contribution >= 0.6 is 0 Å². The summed E-state index contributed by atoms with van der Waals surface area (Å²) >= 11 is 0. The fourth-order valence-corrected chi connectivity index (χ4v) is 3.28. The minimum absolute atomic E-state index is 0.182. The predicted octanol–water partition coefficient (Wildman–Crippen LogP) is 2.87. The summed E-state index contributed by atoms with van der Waals surface area (Å²) in [7, 11) is 0. The van der Waals surface area contributed by atoms with Crippen LogP contribution in [0.3, 0.4) is 0 Å². The van der Waals surface area contributed by atoms with Crippen LogP contribution in [0.15, 0.2) is 24.3 Å². The molecule has 0 saturated carbocycles. The molecule has 3 nitrogen and oxygen atoms in total. The molecule has 0 bridgehead atoms. The van der Waals surface area contributed by atoms with E-state index in [4.69, 9.17) is 0 Å². The smallest absolute Gasteiger partial charge is 0.228 e. The topological polar surface area (TPSA) is 32.3 Å². The number of carbonyl (C=O) groups excluding carboxylic acids is 1. The fourth-order valence-electron chi connectivity index (χ4n) is 3.28. The lowest BCUT2D eigenvalue weighted by atomic mass is 9.86. The van der Waals surface area contributed by atoms with E-state index in [2.05, 4.69) is 55.3 Å². The van der Waals surface area contributed by atoms with Crippen LogP contribution in [0.1, 0.15) is 50.8 Å². The molecule has 2 aliphatic rings. The van der Waals surface area contributed by atoms with Crippen molar-refractivity contribution in [3.8, 4) is 0 Å². The zero-order valence-electron chi connectivity index (χ0n) is 13.4. The minimum Gasteiger partial charge on any atom is -0.335 e. The molecule has 0 aliphatic carbocycles. The number of benzene rings is 1. The van der Waals surface area contributed by atoms with E-state index in [1.807, 2.05) is 0 Å². The minimum atomic E-state index is 0.182. The molecule has 2 heterocycles. The maximum atomic E-state index is 12.5. The van der Waals surface area contributed by atoms with Gasteiger partial charge in [-0.25, -0.2) is 0 Å². The van der Waals surface area contributed by atoms with Crippen molar-refractivity contribution in [1.29, 1.82) is 0 Å². The first-order chi connectivity index (χ1) is 9.97. The molecule has 1 amide bonds. The summed E-state index contributed by atoms with van der Waals surface area (Å²) in [5.74, 6) is 0.551. The number of hydrogen-bond donors (Lipinski definition) is 1. The Labute approximate surface area is 127 Å². The van der Waals surface area contributed by atoms with E-state index in [9.17, 15) is 4.79 Å². The normalized spacial score (nSPS) is 23.2. The summed E-state index contributed by atoms with van der Waals surface area (Å²) in [6.07, 6.45) is 2.22. The number of rotatable bonds is 2. The molecule has 1 N–H and O–H groups in total. The predicted molar refractivity (Wildman–Crippen MR) is 85.2 cm³/mol. The Bertz CT molecular complexity index is 511. The first-order valence-corrected chi connectivity index (χ1v) is 8.08. The quantitative estimate of drug-likeness (QED) is 0.906. The zero-order valence-corrected chi connectivity index (χ0v) is 13.4. The van der Waals surface area contributed by atoms with Gasteiger partial charge in [-0.15, -0.1) is 0 Å². The van der Waals surface area contributed by atoms with Gasteiger partial charge in [-0.3, -0.25) is 4.79 Å². The van der Waals surface area contributed by atoms with E-state index < -0.39 is 0 Å². The molecule has 1 atom stereocenters. The third-order valence-corrected chi connectivity index (χ3v) is 4.83. The molecule has 1 aromatic carbocycles. The molecular formula is C18H26N2O. The van der Waals surface area contributed by atoms with Crippen LogP contribution in [0, 0.1) is 5.92 Å². The molecule has 114 valence electrons. The van der Waals surface area contributed by atoms with Crippen molar-refractivity contribution in [3.05, 3.63) is 35.4 Å². The molecule has 3 rings (SSSR count). The van der Waals surface area contributed by atoms with Crippen molar-refractivity contribution in [3.63, 3.8) is 0 Å². The Kier molecular flexibility index (Phi) is 3.78. The van der Waals surface area contributed by atoms with Crippen molar-refractivity contribution in [1.82, 2.24) is 10.2 Å². The molecule has 3 heteroatoms. The van der Waals surface area contributed by atoms with E-state index in [1.54, 1.807) is 0 Å². The van der Waals surface area contributed by atoms with Crippen LogP contribution in [-0.4, -0.2) is 30.4 Å². The lowest BCUT2D eigenvalue weighted by Crippen LogP contribution is -2.51. The van der Waals surface area contributed by atoms with Crippen molar-refractivity contribution in [2.75, 3.05) is 19.6 Å². The van der Waals surface area contributed by atoms with Gasteiger partial charge in [0.2, 0.25) is 5.91 Å². The second kappa shape index (κ2) is 5.45. The average molecular weight is 286 g/mol. The van der Waals surface area contributed by atoms with Gasteiger partial charge in [-0.2, -0.15) is 0 Å². The summed E-state index contributed by atoms with van der Waals surface area (Å²) in [6, 6.07) is 9.17. The summed E-state index contributed by atoms with van der Waals surface area (Å²) in [5.41, 5.74) is 2.83. The third-order valence-electron chi connectivity index (χ3n) is 4.83. The van der Waals surface area contributed by atoms with Gasteiger partial charge in [-0.05, 0) is 29.4 Å². The Balaban J connectivity index is 1.77. The van der Waals surface area contributed by atoms with E-state index in [0.717, 1.165) is 32.5 Å². The van der Waals surface area contributed by atoms with Gasteiger partial charge in [0, 0.05) is 19.6 Å². The van der Waals surface area contributed by atoms with Crippen LogP contribution in [0.4, 0.5) is 0 Å². The van der Waals surface area contributed by atoms with Gasteiger partial charge in [0.15, 0.2) is 0 Å². The molecule has 2 saturated heterocycles. The highest BCUT2D eigenvalue weighted by Crippen LogP contribution is 2.34. The van der Waals surface area contributed by atoms with Crippen LogP contribution in [0.2, 0.25) is 0 Å². The Morgan fingerprint density at radius 3 is 2.38 bits per heavy atom. The van der Waals surface area contributed by atoms with Crippen LogP contribution in [-0.2, 0) is 10.2 Å². The molecular weight excluding hydrogens is 260 g/mol. The summed E-state index contributed by atoms with van der Waals surface area (Å²) < 4.78 is 0. The number of nitrogens with zero attached hydrogens (tertiary/aromatic N) is 1. The zero-order chi connectivity index (χ0) is 15.0. The van der Waals surface area contributed by atoms with Gasteiger partial charge in [0.05, 0.1) is 12.0 Å². The maximum Gasteiger partial charge on any atom is 0.228 e.